The van der Waals surface area contributed by atoms with E-state index < -0.39 is 5.60 Å². The number of aliphatic hydroxyl groups is 1. The van der Waals surface area contributed by atoms with Gasteiger partial charge in [-0.05, 0) is 37.0 Å². The summed E-state index contributed by atoms with van der Waals surface area (Å²) in [6, 6.07) is 7.54. The highest BCUT2D eigenvalue weighted by molar-refractivity contribution is 5.43. The molecule has 0 amide bonds. The first-order chi connectivity index (χ1) is 7.19. The number of hydrogen-bond donors (Lipinski definition) is 1. The Labute approximate surface area is 88.9 Å². The van der Waals surface area contributed by atoms with E-state index in [1.807, 2.05) is 18.2 Å². The molecule has 0 saturated heterocycles. The van der Waals surface area contributed by atoms with E-state index in [0.717, 1.165) is 18.4 Å². The number of benzene rings is 1. The zero-order valence-electron chi connectivity index (χ0n) is 8.66. The van der Waals surface area contributed by atoms with Crippen LogP contribution in [0.15, 0.2) is 18.2 Å². The first-order valence-corrected chi connectivity index (χ1v) is 5.00. The zero-order chi connectivity index (χ0) is 10.9. The highest BCUT2D eigenvalue weighted by atomic mass is 16.5. The summed E-state index contributed by atoms with van der Waals surface area (Å²) in [5.74, 6) is 0.685. The highest BCUT2D eigenvalue weighted by Gasteiger charge is 2.34. The number of rotatable bonds is 1. The van der Waals surface area contributed by atoms with E-state index in [9.17, 15) is 5.11 Å². The van der Waals surface area contributed by atoms with Crippen LogP contribution in [0.25, 0.3) is 0 Å². The predicted octanol–water partition coefficient (Wildman–Crippen LogP) is 1.74. The average molecular weight is 203 g/mol. The standard InChI is InChI=1S/C12H13NO2/c1-15-10-5-4-9-3-2-6-12(14,8-13)11(9)7-10/h4-5,7,14H,2-3,6H2,1H3. The van der Waals surface area contributed by atoms with E-state index >= 15 is 0 Å². The van der Waals surface area contributed by atoms with Gasteiger partial charge in [0, 0.05) is 5.56 Å². The summed E-state index contributed by atoms with van der Waals surface area (Å²) in [5, 5.41) is 19.2. The molecule has 0 aromatic heterocycles. The van der Waals surface area contributed by atoms with Gasteiger partial charge < -0.3 is 9.84 Å². The maximum atomic E-state index is 10.1. The molecule has 1 N–H and O–H groups in total. The Balaban J connectivity index is 2.54. The summed E-state index contributed by atoms with van der Waals surface area (Å²) in [6.07, 6.45) is 2.27. The van der Waals surface area contributed by atoms with Crippen molar-refractivity contribution in [1.29, 1.82) is 5.26 Å². The average Bonchev–Trinajstić information content (AvgIpc) is 2.29. The fourth-order valence-corrected chi connectivity index (χ4v) is 2.07. The number of aryl methyl sites for hydroxylation is 1. The second-order valence-corrected chi connectivity index (χ2v) is 3.85. The maximum Gasteiger partial charge on any atom is 0.177 e. The summed E-state index contributed by atoms with van der Waals surface area (Å²) in [5.41, 5.74) is 0.420. The molecule has 1 unspecified atom stereocenters. The van der Waals surface area contributed by atoms with Crippen LogP contribution < -0.4 is 4.74 Å². The molecular weight excluding hydrogens is 190 g/mol. The van der Waals surface area contributed by atoms with Crippen LogP contribution in [-0.2, 0) is 12.0 Å². The van der Waals surface area contributed by atoms with Gasteiger partial charge in [0.05, 0.1) is 7.11 Å². The smallest absolute Gasteiger partial charge is 0.177 e. The SMILES string of the molecule is COc1ccc2c(c1)C(O)(C#N)CCC2. The van der Waals surface area contributed by atoms with Crippen molar-refractivity contribution in [2.75, 3.05) is 7.11 Å². The van der Waals surface area contributed by atoms with Gasteiger partial charge in [0.2, 0.25) is 0 Å². The fraction of sp³-hybridized carbons (Fsp3) is 0.417. The van der Waals surface area contributed by atoms with Crippen molar-refractivity contribution < 1.29 is 9.84 Å². The third kappa shape index (κ3) is 1.57. The van der Waals surface area contributed by atoms with Crippen LogP contribution in [0.2, 0.25) is 0 Å². The van der Waals surface area contributed by atoms with Crippen LogP contribution in [0.5, 0.6) is 5.75 Å². The van der Waals surface area contributed by atoms with Crippen LogP contribution in [0.3, 0.4) is 0 Å². The predicted molar refractivity (Wildman–Crippen MR) is 55.4 cm³/mol. The molecule has 1 aromatic carbocycles. The molecule has 3 heteroatoms. The van der Waals surface area contributed by atoms with Crippen molar-refractivity contribution in [3.8, 4) is 11.8 Å². The lowest BCUT2D eigenvalue weighted by atomic mass is 9.80. The molecule has 78 valence electrons. The number of fused-ring (bicyclic) bond motifs is 1. The van der Waals surface area contributed by atoms with Crippen molar-refractivity contribution in [2.45, 2.75) is 24.9 Å². The molecule has 1 aliphatic carbocycles. The van der Waals surface area contributed by atoms with E-state index in [1.165, 1.54) is 0 Å². The molecular formula is C12H13NO2. The number of nitrogens with zero attached hydrogens (tertiary/aromatic N) is 1. The second kappa shape index (κ2) is 3.56. The Bertz CT molecular complexity index is 422. The fourth-order valence-electron chi connectivity index (χ4n) is 2.07. The summed E-state index contributed by atoms with van der Waals surface area (Å²) in [6.45, 7) is 0. The van der Waals surface area contributed by atoms with Crippen molar-refractivity contribution in [3.63, 3.8) is 0 Å². The Kier molecular flexibility index (Phi) is 2.37. The molecule has 0 radical (unpaired) electrons. The minimum atomic E-state index is -1.33. The van der Waals surface area contributed by atoms with Gasteiger partial charge in [-0.25, -0.2) is 0 Å². The number of nitriles is 1. The Morgan fingerprint density at radius 1 is 1.53 bits per heavy atom. The van der Waals surface area contributed by atoms with Gasteiger partial charge in [0.15, 0.2) is 5.60 Å². The quantitative estimate of drug-likeness (QED) is 0.707. The van der Waals surface area contributed by atoms with Crippen molar-refractivity contribution in [2.24, 2.45) is 0 Å². The molecule has 1 atom stereocenters. The van der Waals surface area contributed by atoms with E-state index in [1.54, 1.807) is 13.2 Å². The number of methoxy groups -OCH3 is 1. The normalized spacial score (nSPS) is 24.1. The van der Waals surface area contributed by atoms with Crippen molar-refractivity contribution in [1.82, 2.24) is 0 Å². The molecule has 1 aromatic rings. The molecule has 0 aliphatic heterocycles. The number of hydrogen-bond acceptors (Lipinski definition) is 3. The van der Waals surface area contributed by atoms with Gasteiger partial charge in [-0.2, -0.15) is 5.26 Å². The molecule has 15 heavy (non-hydrogen) atoms. The van der Waals surface area contributed by atoms with Gasteiger partial charge in [-0.15, -0.1) is 0 Å². The van der Waals surface area contributed by atoms with Crippen LogP contribution in [-0.4, -0.2) is 12.2 Å². The maximum absolute atomic E-state index is 10.1. The van der Waals surface area contributed by atoms with Crippen LogP contribution >= 0.6 is 0 Å². The third-order valence-corrected chi connectivity index (χ3v) is 2.93. The summed E-state index contributed by atoms with van der Waals surface area (Å²) >= 11 is 0. The summed E-state index contributed by atoms with van der Waals surface area (Å²) in [4.78, 5) is 0. The topological polar surface area (TPSA) is 53.2 Å². The Morgan fingerprint density at radius 3 is 3.00 bits per heavy atom. The monoisotopic (exact) mass is 203 g/mol. The van der Waals surface area contributed by atoms with E-state index in [-0.39, 0.29) is 0 Å². The molecule has 0 spiro atoms. The second-order valence-electron chi connectivity index (χ2n) is 3.85. The lowest BCUT2D eigenvalue weighted by molar-refractivity contribution is 0.0778. The molecule has 0 heterocycles. The van der Waals surface area contributed by atoms with E-state index in [0.29, 0.717) is 17.7 Å². The van der Waals surface area contributed by atoms with Gasteiger partial charge in [-0.1, -0.05) is 6.07 Å². The minimum Gasteiger partial charge on any atom is -0.497 e. The lowest BCUT2D eigenvalue weighted by Gasteiger charge is -2.28. The molecule has 0 bridgehead atoms. The molecule has 3 nitrogen and oxygen atoms in total. The van der Waals surface area contributed by atoms with Crippen LogP contribution in [0, 0.1) is 11.3 Å². The first kappa shape index (κ1) is 10.0. The molecule has 2 rings (SSSR count). The molecule has 1 aliphatic rings. The third-order valence-electron chi connectivity index (χ3n) is 2.93. The summed E-state index contributed by atoms with van der Waals surface area (Å²) < 4.78 is 5.10. The largest absolute Gasteiger partial charge is 0.497 e. The lowest BCUT2D eigenvalue weighted by Crippen LogP contribution is -2.28. The van der Waals surface area contributed by atoms with Crippen LogP contribution in [0.1, 0.15) is 24.0 Å². The first-order valence-electron chi connectivity index (χ1n) is 5.00. The van der Waals surface area contributed by atoms with E-state index in [2.05, 4.69) is 0 Å². The van der Waals surface area contributed by atoms with Gasteiger partial charge in [-0.3, -0.25) is 0 Å². The zero-order valence-corrected chi connectivity index (χ0v) is 8.66. The Morgan fingerprint density at radius 2 is 2.33 bits per heavy atom. The molecule has 0 fully saturated rings. The van der Waals surface area contributed by atoms with E-state index in [4.69, 9.17) is 10.00 Å². The molecule has 0 saturated carbocycles. The van der Waals surface area contributed by atoms with Crippen molar-refractivity contribution in [3.05, 3.63) is 29.3 Å². The van der Waals surface area contributed by atoms with Crippen LogP contribution in [0.4, 0.5) is 0 Å². The Hall–Kier alpha value is -1.53. The van der Waals surface area contributed by atoms with Gasteiger partial charge in [0.25, 0.3) is 0 Å². The summed E-state index contributed by atoms with van der Waals surface area (Å²) in [7, 11) is 1.58. The number of ether oxygens (including phenoxy) is 1. The van der Waals surface area contributed by atoms with Gasteiger partial charge in [0.1, 0.15) is 11.8 Å². The highest BCUT2D eigenvalue weighted by Crippen LogP contribution is 2.36. The van der Waals surface area contributed by atoms with Gasteiger partial charge >= 0.3 is 0 Å². The minimum absolute atomic E-state index is 0.504. The van der Waals surface area contributed by atoms with Crippen molar-refractivity contribution >= 4 is 0 Å².